The number of aromatic amines is 1. The third-order valence-corrected chi connectivity index (χ3v) is 6.02. The molecule has 3 fully saturated rings. The fourth-order valence-electron chi connectivity index (χ4n) is 4.30. The van der Waals surface area contributed by atoms with Gasteiger partial charge in [-0.3, -0.25) is 5.10 Å². The Balaban J connectivity index is 1.38. The first kappa shape index (κ1) is 19.0. The molecule has 5 heterocycles. The highest BCUT2D eigenvalue weighted by molar-refractivity contribution is 5.73. The van der Waals surface area contributed by atoms with Crippen LogP contribution in [0, 0.1) is 0 Å². The van der Waals surface area contributed by atoms with Gasteiger partial charge in [-0.2, -0.15) is 5.10 Å². The second kappa shape index (κ2) is 7.33. The lowest BCUT2D eigenvalue weighted by molar-refractivity contribution is 0.0299. The van der Waals surface area contributed by atoms with Crippen LogP contribution in [0.3, 0.4) is 0 Å². The van der Waals surface area contributed by atoms with E-state index in [9.17, 15) is 5.11 Å². The highest BCUT2D eigenvalue weighted by Crippen LogP contribution is 2.35. The van der Waals surface area contributed by atoms with Gasteiger partial charge in [-0.25, -0.2) is 4.39 Å². The predicted octanol–water partition coefficient (Wildman–Crippen LogP) is 2.14. The molecule has 6 rings (SSSR count). The second-order valence-corrected chi connectivity index (χ2v) is 7.97. The van der Waals surface area contributed by atoms with Crippen molar-refractivity contribution in [1.82, 2.24) is 25.7 Å². The Morgan fingerprint density at radius 3 is 2.87 bits per heavy atom. The number of H-pyrrole nitrogens is 1. The number of phenols is 1. The average Bonchev–Trinajstić information content (AvgIpc) is 3.17. The maximum Gasteiger partial charge on any atom is 0.166 e. The number of halogens is 1. The number of hydrogen-bond donors (Lipinski definition) is 3. The number of ether oxygens (including phenoxy) is 1. The lowest BCUT2D eigenvalue weighted by atomic mass is 9.87. The number of phenolic OH excluding ortho intramolecular Hbond substituents is 1. The maximum absolute atomic E-state index is 15.4. The van der Waals surface area contributed by atoms with E-state index in [2.05, 4.69) is 25.7 Å². The number of piperidine rings is 1. The van der Waals surface area contributed by atoms with Crippen molar-refractivity contribution in [3.05, 3.63) is 42.6 Å². The SMILES string of the molecule is CN(c1ccc(-c2ccc(-c3ccn[nH]3)cc2O)nn1)[C@H]1C[C@@H]2COCC1(F)CN2. The van der Waals surface area contributed by atoms with Gasteiger partial charge in [0.05, 0.1) is 30.6 Å². The number of aromatic nitrogens is 4. The predicted molar refractivity (Wildman–Crippen MR) is 110 cm³/mol. The van der Waals surface area contributed by atoms with E-state index >= 15 is 4.39 Å². The molecule has 30 heavy (non-hydrogen) atoms. The summed E-state index contributed by atoms with van der Waals surface area (Å²) in [5, 5.41) is 29.1. The number of rotatable bonds is 4. The molecule has 2 bridgehead atoms. The summed E-state index contributed by atoms with van der Waals surface area (Å²) < 4.78 is 20.9. The largest absolute Gasteiger partial charge is 0.507 e. The molecule has 2 aromatic heterocycles. The molecule has 0 saturated carbocycles. The van der Waals surface area contributed by atoms with Crippen LogP contribution in [0.1, 0.15) is 6.42 Å². The number of aromatic hydroxyl groups is 1. The molecule has 1 unspecified atom stereocenters. The summed E-state index contributed by atoms with van der Waals surface area (Å²) in [6.07, 6.45) is 2.30. The molecule has 3 aromatic rings. The third kappa shape index (κ3) is 3.29. The zero-order valence-electron chi connectivity index (χ0n) is 16.5. The Morgan fingerprint density at radius 1 is 1.23 bits per heavy atom. The highest BCUT2D eigenvalue weighted by atomic mass is 19.1. The molecule has 0 radical (unpaired) electrons. The van der Waals surface area contributed by atoms with Gasteiger partial charge < -0.3 is 20.1 Å². The van der Waals surface area contributed by atoms with Gasteiger partial charge in [-0.1, -0.05) is 6.07 Å². The number of nitrogens with one attached hydrogen (secondary N) is 2. The monoisotopic (exact) mass is 410 g/mol. The van der Waals surface area contributed by atoms with Crippen LogP contribution in [-0.4, -0.2) is 70.1 Å². The van der Waals surface area contributed by atoms with E-state index in [1.165, 1.54) is 0 Å². The molecule has 156 valence electrons. The van der Waals surface area contributed by atoms with E-state index in [0.717, 1.165) is 11.3 Å². The summed E-state index contributed by atoms with van der Waals surface area (Å²) in [5.74, 6) is 0.686. The summed E-state index contributed by atoms with van der Waals surface area (Å²) in [7, 11) is 1.84. The molecule has 3 atom stereocenters. The Labute approximate surface area is 173 Å². The summed E-state index contributed by atoms with van der Waals surface area (Å²) in [6, 6.07) is 10.6. The topological polar surface area (TPSA) is 99.2 Å². The average molecular weight is 410 g/mol. The van der Waals surface area contributed by atoms with Gasteiger partial charge in [-0.15, -0.1) is 10.2 Å². The van der Waals surface area contributed by atoms with Crippen LogP contribution in [0.15, 0.2) is 42.6 Å². The van der Waals surface area contributed by atoms with Gasteiger partial charge in [-0.05, 0) is 36.8 Å². The van der Waals surface area contributed by atoms with Crippen molar-refractivity contribution in [1.29, 1.82) is 0 Å². The van der Waals surface area contributed by atoms with Crippen LogP contribution < -0.4 is 10.2 Å². The Bertz CT molecular complexity index is 1020. The summed E-state index contributed by atoms with van der Waals surface area (Å²) >= 11 is 0. The van der Waals surface area contributed by atoms with Crippen molar-refractivity contribution in [2.75, 3.05) is 31.7 Å². The molecule has 3 aliphatic heterocycles. The minimum atomic E-state index is -1.47. The van der Waals surface area contributed by atoms with Crippen molar-refractivity contribution in [3.63, 3.8) is 0 Å². The zero-order valence-corrected chi connectivity index (χ0v) is 16.5. The van der Waals surface area contributed by atoms with E-state index in [1.807, 2.05) is 24.1 Å². The number of hydrogen-bond acceptors (Lipinski definition) is 7. The maximum atomic E-state index is 15.4. The minimum Gasteiger partial charge on any atom is -0.507 e. The van der Waals surface area contributed by atoms with E-state index in [-0.39, 0.29) is 31.0 Å². The molecule has 0 spiro atoms. The van der Waals surface area contributed by atoms with Gasteiger partial charge in [0.2, 0.25) is 0 Å². The van der Waals surface area contributed by atoms with Crippen LogP contribution >= 0.6 is 0 Å². The molecule has 0 amide bonds. The number of nitrogens with zero attached hydrogens (tertiary/aromatic N) is 4. The van der Waals surface area contributed by atoms with Gasteiger partial charge in [0.1, 0.15) is 5.75 Å². The summed E-state index contributed by atoms with van der Waals surface area (Å²) in [4.78, 5) is 1.85. The first-order chi connectivity index (χ1) is 14.5. The van der Waals surface area contributed by atoms with E-state index in [0.29, 0.717) is 30.1 Å². The molecule has 1 aromatic carbocycles. The third-order valence-electron chi connectivity index (χ3n) is 6.02. The number of anilines is 1. The Hall–Kier alpha value is -3.04. The Morgan fingerprint density at radius 2 is 2.13 bits per heavy atom. The highest BCUT2D eigenvalue weighted by Gasteiger charge is 2.49. The van der Waals surface area contributed by atoms with Crippen LogP contribution in [0.2, 0.25) is 0 Å². The van der Waals surface area contributed by atoms with Crippen molar-refractivity contribution in [2.24, 2.45) is 0 Å². The Kier molecular flexibility index (Phi) is 4.63. The fourth-order valence-corrected chi connectivity index (χ4v) is 4.30. The molecule has 3 N–H and O–H groups in total. The first-order valence-electron chi connectivity index (χ1n) is 9.93. The van der Waals surface area contributed by atoms with Crippen molar-refractivity contribution in [3.8, 4) is 28.3 Å². The van der Waals surface area contributed by atoms with Gasteiger partial charge in [0.25, 0.3) is 0 Å². The van der Waals surface area contributed by atoms with E-state index in [4.69, 9.17) is 4.74 Å². The molecule has 3 saturated heterocycles. The first-order valence-corrected chi connectivity index (χ1v) is 9.93. The number of fused-ring (bicyclic) bond motifs is 4. The molecular formula is C21H23FN6O2. The van der Waals surface area contributed by atoms with Crippen LogP contribution in [-0.2, 0) is 4.74 Å². The molecule has 9 heteroatoms. The molecule has 0 aliphatic carbocycles. The molecule has 8 nitrogen and oxygen atoms in total. The number of alkyl halides is 1. The minimum absolute atomic E-state index is 0.0770. The lowest BCUT2D eigenvalue weighted by Crippen LogP contribution is -2.61. The van der Waals surface area contributed by atoms with E-state index < -0.39 is 5.67 Å². The van der Waals surface area contributed by atoms with Crippen molar-refractivity contribution >= 4 is 5.82 Å². The van der Waals surface area contributed by atoms with Gasteiger partial charge >= 0.3 is 0 Å². The van der Waals surface area contributed by atoms with Crippen LogP contribution in [0.25, 0.3) is 22.5 Å². The van der Waals surface area contributed by atoms with Crippen molar-refractivity contribution in [2.45, 2.75) is 24.2 Å². The summed E-state index contributed by atoms with van der Waals surface area (Å²) in [5.41, 5.74) is 1.29. The normalized spacial score (nSPS) is 25.8. The quantitative estimate of drug-likeness (QED) is 0.606. The molecular weight excluding hydrogens is 387 g/mol. The van der Waals surface area contributed by atoms with Crippen LogP contribution in [0.4, 0.5) is 10.2 Å². The zero-order chi connectivity index (χ0) is 20.7. The number of benzene rings is 1. The fraction of sp³-hybridized carbons (Fsp3) is 0.381. The lowest BCUT2D eigenvalue weighted by Gasteiger charge is -2.42. The van der Waals surface area contributed by atoms with Crippen molar-refractivity contribution < 1.29 is 14.2 Å². The summed E-state index contributed by atoms with van der Waals surface area (Å²) in [6.45, 7) is 0.872. The van der Waals surface area contributed by atoms with Crippen LogP contribution in [0.5, 0.6) is 5.75 Å². The molecule has 3 aliphatic rings. The van der Waals surface area contributed by atoms with Gasteiger partial charge in [0.15, 0.2) is 11.5 Å². The smallest absolute Gasteiger partial charge is 0.166 e. The van der Waals surface area contributed by atoms with Gasteiger partial charge in [0, 0.05) is 37.0 Å². The second-order valence-electron chi connectivity index (χ2n) is 7.97. The van der Waals surface area contributed by atoms with E-state index in [1.54, 1.807) is 30.5 Å². The standard InChI is InChI=1S/C21H23FN6O2/c1-28(19-9-14-10-30-12-21(19,22)11-23-14)20-5-4-17(26-27-20)15-3-2-13(8-18(15)29)16-6-7-24-25-16/h2-8,14,19,23,29H,9-12H2,1H3,(H,24,25)/t14-,19+,21?/m1/s1.